The van der Waals surface area contributed by atoms with Gasteiger partial charge in [-0.15, -0.1) is 0 Å². The number of nitrogens with one attached hydrogen (secondary N) is 1. The molecule has 2 N–H and O–H groups in total. The van der Waals surface area contributed by atoms with Gasteiger partial charge in [0.15, 0.2) is 0 Å². The molecule has 3 unspecified atom stereocenters. The Morgan fingerprint density at radius 1 is 1.47 bits per heavy atom. The van der Waals surface area contributed by atoms with Gasteiger partial charge in [0.1, 0.15) is 5.54 Å². The zero-order valence-electron chi connectivity index (χ0n) is 12.6. The first-order valence-corrected chi connectivity index (χ1v) is 7.64. The molecule has 1 aliphatic rings. The van der Waals surface area contributed by atoms with Gasteiger partial charge in [0.2, 0.25) is 0 Å². The zero-order valence-corrected chi connectivity index (χ0v) is 12.6. The highest BCUT2D eigenvalue weighted by atomic mass is 16.5. The number of carbonyl (C=O) groups is 1. The lowest BCUT2D eigenvalue weighted by Gasteiger charge is -2.26. The molecule has 3 atom stereocenters. The average molecular weight is 271 g/mol. The summed E-state index contributed by atoms with van der Waals surface area (Å²) in [7, 11) is 0. The first-order chi connectivity index (χ1) is 9.04. The van der Waals surface area contributed by atoms with Crippen molar-refractivity contribution < 1.29 is 14.6 Å². The average Bonchev–Trinajstić information content (AvgIpc) is 2.79. The molecule has 1 fully saturated rings. The molecule has 0 heterocycles. The molecule has 0 amide bonds. The molecule has 0 spiro atoms. The smallest absolute Gasteiger partial charge is 0.323 e. The molecule has 0 aromatic carbocycles. The SMILES string of the molecule is CCCNC1(C(=O)O)CCC(OCC(C)CCC)C1. The Balaban J connectivity index is 2.43. The fourth-order valence-corrected chi connectivity index (χ4v) is 2.81. The summed E-state index contributed by atoms with van der Waals surface area (Å²) in [6.07, 6.45) is 5.52. The number of carboxylic acid groups (broad SMARTS) is 1. The molecule has 0 aromatic heterocycles. The summed E-state index contributed by atoms with van der Waals surface area (Å²) in [6.45, 7) is 7.93. The molecule has 4 heteroatoms. The van der Waals surface area contributed by atoms with E-state index in [1.165, 1.54) is 12.8 Å². The van der Waals surface area contributed by atoms with Crippen LogP contribution in [0.4, 0.5) is 0 Å². The van der Waals surface area contributed by atoms with Crippen LogP contribution < -0.4 is 5.32 Å². The number of hydrogen-bond acceptors (Lipinski definition) is 3. The van der Waals surface area contributed by atoms with Crippen molar-refractivity contribution in [1.29, 1.82) is 0 Å². The van der Waals surface area contributed by atoms with Crippen molar-refractivity contribution in [3.8, 4) is 0 Å². The van der Waals surface area contributed by atoms with Crippen LogP contribution in [0.15, 0.2) is 0 Å². The van der Waals surface area contributed by atoms with Crippen molar-refractivity contribution in [3.05, 3.63) is 0 Å². The molecule has 0 saturated heterocycles. The van der Waals surface area contributed by atoms with E-state index >= 15 is 0 Å². The van der Waals surface area contributed by atoms with Crippen molar-refractivity contribution in [2.75, 3.05) is 13.2 Å². The molecule has 4 nitrogen and oxygen atoms in total. The van der Waals surface area contributed by atoms with Crippen LogP contribution in [0.25, 0.3) is 0 Å². The molecule has 0 aromatic rings. The lowest BCUT2D eigenvalue weighted by atomic mass is 9.97. The molecule has 1 saturated carbocycles. The van der Waals surface area contributed by atoms with E-state index in [1.807, 2.05) is 0 Å². The monoisotopic (exact) mass is 271 g/mol. The van der Waals surface area contributed by atoms with Crippen LogP contribution in [0.3, 0.4) is 0 Å². The standard InChI is InChI=1S/C15H29NO3/c1-4-6-12(3)11-19-13-7-8-15(10-13,14(17)18)16-9-5-2/h12-13,16H,4-11H2,1-3H3,(H,17,18). The van der Waals surface area contributed by atoms with Gasteiger partial charge in [-0.1, -0.05) is 27.2 Å². The lowest BCUT2D eigenvalue weighted by Crippen LogP contribution is -2.50. The van der Waals surface area contributed by atoms with Gasteiger partial charge >= 0.3 is 5.97 Å². The number of aliphatic carboxylic acids is 1. The van der Waals surface area contributed by atoms with E-state index in [2.05, 4.69) is 26.1 Å². The van der Waals surface area contributed by atoms with E-state index in [-0.39, 0.29) is 6.10 Å². The van der Waals surface area contributed by atoms with Gasteiger partial charge in [-0.05, 0) is 38.1 Å². The zero-order chi connectivity index (χ0) is 14.3. The van der Waals surface area contributed by atoms with Gasteiger partial charge in [-0.3, -0.25) is 4.79 Å². The summed E-state index contributed by atoms with van der Waals surface area (Å²) in [5, 5.41) is 12.7. The van der Waals surface area contributed by atoms with E-state index in [0.717, 1.165) is 26.0 Å². The first kappa shape index (κ1) is 16.4. The second kappa shape index (κ2) is 7.85. The maximum Gasteiger partial charge on any atom is 0.323 e. The largest absolute Gasteiger partial charge is 0.480 e. The molecule has 1 aliphatic carbocycles. The third-order valence-corrected chi connectivity index (χ3v) is 3.99. The molecule has 0 aliphatic heterocycles. The summed E-state index contributed by atoms with van der Waals surface area (Å²) >= 11 is 0. The third-order valence-electron chi connectivity index (χ3n) is 3.99. The van der Waals surface area contributed by atoms with E-state index in [1.54, 1.807) is 0 Å². The minimum absolute atomic E-state index is 0.0970. The van der Waals surface area contributed by atoms with Crippen LogP contribution in [0, 0.1) is 5.92 Å². The number of hydrogen-bond donors (Lipinski definition) is 2. The van der Waals surface area contributed by atoms with Crippen LogP contribution in [-0.2, 0) is 9.53 Å². The minimum Gasteiger partial charge on any atom is -0.480 e. The van der Waals surface area contributed by atoms with E-state index in [4.69, 9.17) is 4.74 Å². The Bertz CT molecular complexity index is 283. The van der Waals surface area contributed by atoms with Crippen LogP contribution >= 0.6 is 0 Å². The van der Waals surface area contributed by atoms with Gasteiger partial charge < -0.3 is 15.2 Å². The quantitative estimate of drug-likeness (QED) is 0.677. The molecule has 1 rings (SSSR count). The van der Waals surface area contributed by atoms with Gasteiger partial charge in [0, 0.05) is 13.0 Å². The van der Waals surface area contributed by atoms with E-state index < -0.39 is 11.5 Å². The van der Waals surface area contributed by atoms with Crippen molar-refractivity contribution in [2.45, 2.75) is 70.9 Å². The normalized spacial score (nSPS) is 28.5. The topological polar surface area (TPSA) is 58.6 Å². The molecular weight excluding hydrogens is 242 g/mol. The third kappa shape index (κ3) is 4.77. The molecular formula is C15H29NO3. The lowest BCUT2D eigenvalue weighted by molar-refractivity contribution is -0.145. The van der Waals surface area contributed by atoms with Crippen LogP contribution in [0.1, 0.15) is 59.3 Å². The Morgan fingerprint density at radius 2 is 2.21 bits per heavy atom. The predicted molar refractivity (Wildman–Crippen MR) is 76.3 cm³/mol. The van der Waals surface area contributed by atoms with Crippen molar-refractivity contribution in [2.24, 2.45) is 5.92 Å². The number of carboxylic acids is 1. The predicted octanol–water partition coefficient (Wildman–Crippen LogP) is 2.81. The Hall–Kier alpha value is -0.610. The summed E-state index contributed by atoms with van der Waals surface area (Å²) in [5.74, 6) is -0.165. The maximum absolute atomic E-state index is 11.5. The highest BCUT2D eigenvalue weighted by Crippen LogP contribution is 2.32. The van der Waals surface area contributed by atoms with E-state index in [0.29, 0.717) is 18.8 Å². The van der Waals surface area contributed by atoms with Crippen molar-refractivity contribution in [1.82, 2.24) is 5.32 Å². The Kier molecular flexibility index (Phi) is 6.80. The second-order valence-corrected chi connectivity index (χ2v) is 5.91. The second-order valence-electron chi connectivity index (χ2n) is 5.91. The molecule has 0 radical (unpaired) electrons. The molecule has 0 bridgehead atoms. The number of ether oxygens (including phenoxy) is 1. The van der Waals surface area contributed by atoms with Gasteiger partial charge in [0.25, 0.3) is 0 Å². The highest BCUT2D eigenvalue weighted by molar-refractivity contribution is 5.79. The number of rotatable bonds is 9. The Labute approximate surface area is 116 Å². The van der Waals surface area contributed by atoms with Crippen LogP contribution in [0.5, 0.6) is 0 Å². The van der Waals surface area contributed by atoms with Crippen LogP contribution in [-0.4, -0.2) is 35.9 Å². The Morgan fingerprint density at radius 3 is 2.79 bits per heavy atom. The minimum atomic E-state index is -0.755. The van der Waals surface area contributed by atoms with Gasteiger partial charge in [0.05, 0.1) is 6.10 Å². The summed E-state index contributed by atoms with van der Waals surface area (Å²) in [5.41, 5.74) is -0.755. The molecule has 19 heavy (non-hydrogen) atoms. The first-order valence-electron chi connectivity index (χ1n) is 7.64. The fourth-order valence-electron chi connectivity index (χ4n) is 2.81. The van der Waals surface area contributed by atoms with Gasteiger partial charge in [-0.2, -0.15) is 0 Å². The highest BCUT2D eigenvalue weighted by Gasteiger charge is 2.45. The summed E-state index contributed by atoms with van der Waals surface area (Å²) in [6, 6.07) is 0. The van der Waals surface area contributed by atoms with Crippen molar-refractivity contribution in [3.63, 3.8) is 0 Å². The molecule has 112 valence electrons. The summed E-state index contributed by atoms with van der Waals surface area (Å²) in [4.78, 5) is 11.5. The van der Waals surface area contributed by atoms with Crippen LogP contribution in [0.2, 0.25) is 0 Å². The maximum atomic E-state index is 11.5. The van der Waals surface area contributed by atoms with E-state index in [9.17, 15) is 9.90 Å². The van der Waals surface area contributed by atoms with Gasteiger partial charge in [-0.25, -0.2) is 0 Å². The fraction of sp³-hybridized carbons (Fsp3) is 0.933. The summed E-state index contributed by atoms with van der Waals surface area (Å²) < 4.78 is 5.90. The van der Waals surface area contributed by atoms with Crippen molar-refractivity contribution >= 4 is 5.97 Å².